The van der Waals surface area contributed by atoms with Gasteiger partial charge in [-0.1, -0.05) is 18.6 Å². The number of carbonyl (C=O) groups is 2. The molecule has 2 atom stereocenters. The highest BCUT2D eigenvalue weighted by atomic mass is 32.2. The third kappa shape index (κ3) is 3.74. The van der Waals surface area contributed by atoms with Gasteiger partial charge in [0.25, 0.3) is 0 Å². The van der Waals surface area contributed by atoms with Crippen molar-refractivity contribution >= 4 is 29.3 Å². The molecule has 2 rings (SSSR count). The van der Waals surface area contributed by atoms with Crippen LogP contribution in [0.15, 0.2) is 29.2 Å². The number of nitrogens with one attached hydrogen (secondary N) is 1. The first-order valence-corrected chi connectivity index (χ1v) is 7.63. The molecule has 1 aliphatic carbocycles. The van der Waals surface area contributed by atoms with Crippen molar-refractivity contribution in [3.05, 3.63) is 24.3 Å². The molecule has 2 amide bonds. The highest BCUT2D eigenvalue weighted by molar-refractivity contribution is 8.00. The maximum atomic E-state index is 12.2. The normalized spacial score (nSPS) is 21.6. The molecule has 1 fully saturated rings. The van der Waals surface area contributed by atoms with E-state index in [9.17, 15) is 9.59 Å². The van der Waals surface area contributed by atoms with Crippen LogP contribution >= 0.6 is 11.8 Å². The highest BCUT2D eigenvalue weighted by Gasteiger charge is 2.30. The Kier molecular flexibility index (Phi) is 5.03. The lowest BCUT2D eigenvalue weighted by Crippen LogP contribution is -2.34. The summed E-state index contributed by atoms with van der Waals surface area (Å²) < 4.78 is 0. The second-order valence-corrected chi connectivity index (χ2v) is 5.96. The van der Waals surface area contributed by atoms with Crippen LogP contribution in [-0.4, -0.2) is 23.6 Å². The largest absolute Gasteiger partial charge is 0.369 e. The Bertz CT molecular complexity index is 507. The number of hydrogen-bond donors (Lipinski definition) is 3. The second-order valence-electron chi connectivity index (χ2n) is 4.94. The smallest absolute Gasteiger partial charge is 0.229 e. The summed E-state index contributed by atoms with van der Waals surface area (Å²) in [4.78, 5) is 23.9. The zero-order valence-electron chi connectivity index (χ0n) is 11.2. The summed E-state index contributed by atoms with van der Waals surface area (Å²) in [6.45, 7) is 0. The van der Waals surface area contributed by atoms with Crippen molar-refractivity contribution in [1.82, 2.24) is 0 Å². The minimum atomic E-state index is -0.381. The molecule has 2 unspecified atom stereocenters. The molecule has 0 radical (unpaired) electrons. The molecule has 1 aromatic rings. The van der Waals surface area contributed by atoms with Gasteiger partial charge in [0.1, 0.15) is 0 Å². The maximum absolute atomic E-state index is 12.2. The summed E-state index contributed by atoms with van der Waals surface area (Å²) in [6, 6.07) is 7.33. The molecule has 0 aromatic heterocycles. The molecular weight excluding hydrogens is 274 g/mol. The van der Waals surface area contributed by atoms with E-state index >= 15 is 0 Å². The van der Waals surface area contributed by atoms with Crippen molar-refractivity contribution < 1.29 is 9.59 Å². The Morgan fingerprint density at radius 1 is 1.30 bits per heavy atom. The van der Waals surface area contributed by atoms with Crippen LogP contribution in [0.3, 0.4) is 0 Å². The van der Waals surface area contributed by atoms with Gasteiger partial charge in [0, 0.05) is 10.9 Å². The van der Waals surface area contributed by atoms with Crippen LogP contribution in [-0.2, 0) is 9.59 Å². The number of amides is 2. The summed E-state index contributed by atoms with van der Waals surface area (Å²) in [6.07, 6.45) is 2.73. The number of benzene rings is 1. The van der Waals surface area contributed by atoms with E-state index in [4.69, 9.17) is 11.5 Å². The van der Waals surface area contributed by atoms with Gasteiger partial charge < -0.3 is 16.8 Å². The van der Waals surface area contributed by atoms with Crippen molar-refractivity contribution in [1.29, 1.82) is 0 Å². The predicted octanol–water partition coefficient (Wildman–Crippen LogP) is 1.33. The molecule has 5 N–H and O–H groups in total. The number of nitrogens with two attached hydrogens (primary N) is 2. The molecule has 1 saturated carbocycles. The number of anilines is 1. The van der Waals surface area contributed by atoms with E-state index in [0.29, 0.717) is 5.69 Å². The highest BCUT2D eigenvalue weighted by Crippen LogP contribution is 2.29. The van der Waals surface area contributed by atoms with Gasteiger partial charge in [-0.05, 0) is 25.0 Å². The SMILES string of the molecule is NC(=O)CSc1ccccc1NC(=O)C1CCCC1N. The standard InChI is InChI=1S/C14H19N3O2S/c15-10-5-3-4-9(10)14(19)17-11-6-1-2-7-12(11)20-8-13(16)18/h1-2,6-7,9-10H,3-5,8,15H2,(H2,16,18)(H,17,19). The van der Waals surface area contributed by atoms with Crippen molar-refractivity contribution in [2.24, 2.45) is 17.4 Å². The summed E-state index contributed by atoms with van der Waals surface area (Å²) in [7, 11) is 0. The molecule has 0 saturated heterocycles. The van der Waals surface area contributed by atoms with E-state index < -0.39 is 0 Å². The second kappa shape index (κ2) is 6.76. The number of thioether (sulfide) groups is 1. The Labute approximate surface area is 122 Å². The molecule has 1 aliphatic rings. The third-order valence-corrected chi connectivity index (χ3v) is 4.52. The van der Waals surface area contributed by atoms with Gasteiger partial charge in [0.15, 0.2) is 0 Å². The van der Waals surface area contributed by atoms with Crippen LogP contribution in [0.25, 0.3) is 0 Å². The lowest BCUT2D eigenvalue weighted by Gasteiger charge is -2.16. The molecule has 20 heavy (non-hydrogen) atoms. The summed E-state index contributed by atoms with van der Waals surface area (Å²) in [5.74, 6) is -0.351. The van der Waals surface area contributed by atoms with Crippen molar-refractivity contribution in [3.63, 3.8) is 0 Å². The average Bonchev–Trinajstić information content (AvgIpc) is 2.84. The predicted molar refractivity (Wildman–Crippen MR) is 80.3 cm³/mol. The van der Waals surface area contributed by atoms with Gasteiger partial charge in [0.05, 0.1) is 17.4 Å². The first kappa shape index (κ1) is 14.9. The van der Waals surface area contributed by atoms with E-state index in [0.717, 1.165) is 24.2 Å². The fraction of sp³-hybridized carbons (Fsp3) is 0.429. The zero-order chi connectivity index (χ0) is 14.5. The number of hydrogen-bond acceptors (Lipinski definition) is 4. The maximum Gasteiger partial charge on any atom is 0.229 e. The Balaban J connectivity index is 2.04. The first-order chi connectivity index (χ1) is 9.58. The molecule has 0 aliphatic heterocycles. The molecule has 1 aromatic carbocycles. The molecular formula is C14H19N3O2S. The fourth-order valence-electron chi connectivity index (χ4n) is 2.38. The zero-order valence-corrected chi connectivity index (χ0v) is 12.0. The summed E-state index contributed by atoms with van der Waals surface area (Å²) in [5.41, 5.74) is 11.8. The van der Waals surface area contributed by atoms with E-state index in [-0.39, 0.29) is 29.5 Å². The van der Waals surface area contributed by atoms with E-state index in [1.165, 1.54) is 11.8 Å². The molecule has 0 heterocycles. The van der Waals surface area contributed by atoms with Gasteiger partial charge in [0.2, 0.25) is 11.8 Å². The molecule has 0 spiro atoms. The Hall–Kier alpha value is -1.53. The monoisotopic (exact) mass is 293 g/mol. The Morgan fingerprint density at radius 3 is 2.70 bits per heavy atom. The van der Waals surface area contributed by atoms with E-state index in [1.54, 1.807) is 0 Å². The number of carbonyl (C=O) groups excluding carboxylic acids is 2. The lowest BCUT2D eigenvalue weighted by atomic mass is 10.0. The average molecular weight is 293 g/mol. The van der Waals surface area contributed by atoms with Crippen LogP contribution in [0.2, 0.25) is 0 Å². The van der Waals surface area contributed by atoms with Gasteiger partial charge >= 0.3 is 0 Å². The van der Waals surface area contributed by atoms with Gasteiger partial charge in [-0.2, -0.15) is 0 Å². The third-order valence-electron chi connectivity index (χ3n) is 3.42. The Morgan fingerprint density at radius 2 is 2.05 bits per heavy atom. The number of para-hydroxylation sites is 1. The minimum Gasteiger partial charge on any atom is -0.369 e. The quantitative estimate of drug-likeness (QED) is 0.713. The van der Waals surface area contributed by atoms with Gasteiger partial charge in [-0.15, -0.1) is 11.8 Å². The summed E-state index contributed by atoms with van der Waals surface area (Å²) in [5, 5.41) is 2.91. The topological polar surface area (TPSA) is 98.2 Å². The van der Waals surface area contributed by atoms with Crippen LogP contribution in [0.5, 0.6) is 0 Å². The first-order valence-electron chi connectivity index (χ1n) is 6.64. The van der Waals surface area contributed by atoms with E-state index in [1.807, 2.05) is 24.3 Å². The number of primary amides is 1. The fourth-order valence-corrected chi connectivity index (χ4v) is 3.13. The molecule has 5 nitrogen and oxygen atoms in total. The van der Waals surface area contributed by atoms with Gasteiger partial charge in [-0.3, -0.25) is 9.59 Å². The number of rotatable bonds is 5. The van der Waals surface area contributed by atoms with Crippen LogP contribution in [0.4, 0.5) is 5.69 Å². The molecule has 108 valence electrons. The van der Waals surface area contributed by atoms with Crippen molar-refractivity contribution in [2.45, 2.75) is 30.2 Å². The minimum absolute atomic E-state index is 0.0397. The summed E-state index contributed by atoms with van der Waals surface area (Å²) >= 11 is 1.32. The van der Waals surface area contributed by atoms with Crippen molar-refractivity contribution in [3.8, 4) is 0 Å². The lowest BCUT2D eigenvalue weighted by molar-refractivity contribution is -0.120. The van der Waals surface area contributed by atoms with Crippen LogP contribution < -0.4 is 16.8 Å². The van der Waals surface area contributed by atoms with Gasteiger partial charge in [-0.25, -0.2) is 0 Å². The van der Waals surface area contributed by atoms with Crippen molar-refractivity contribution in [2.75, 3.05) is 11.1 Å². The molecule has 6 heteroatoms. The molecule has 0 bridgehead atoms. The van der Waals surface area contributed by atoms with E-state index in [2.05, 4.69) is 5.32 Å². The van der Waals surface area contributed by atoms with Crippen LogP contribution in [0, 0.1) is 5.92 Å². The van der Waals surface area contributed by atoms with Crippen LogP contribution in [0.1, 0.15) is 19.3 Å².